The predicted molar refractivity (Wildman–Crippen MR) is 109 cm³/mol. The van der Waals surface area contributed by atoms with E-state index in [2.05, 4.69) is 10.4 Å². The SMILES string of the molecule is Cn1nc(CSc2ccccc2)c(COC(=O)Nc2ccc(Cl)cc2)c1Cl. The number of carbonyl (C=O) groups excluding carboxylic acids is 1. The second kappa shape index (κ2) is 9.17. The van der Waals surface area contributed by atoms with E-state index in [0.29, 0.717) is 27.2 Å². The molecule has 0 unspecified atom stereocenters. The first kappa shape index (κ1) is 19.6. The fraction of sp³-hybridized carbons (Fsp3) is 0.158. The molecule has 0 saturated carbocycles. The fourth-order valence-corrected chi connectivity index (χ4v) is 3.56. The Labute approximate surface area is 171 Å². The topological polar surface area (TPSA) is 56.2 Å². The second-order valence-corrected chi connectivity index (χ2v) is 7.49. The lowest BCUT2D eigenvalue weighted by Gasteiger charge is -2.08. The Bertz CT molecular complexity index is 915. The van der Waals surface area contributed by atoms with Gasteiger partial charge in [0.05, 0.1) is 11.3 Å². The van der Waals surface area contributed by atoms with Crippen molar-refractivity contribution in [3.05, 3.63) is 76.0 Å². The van der Waals surface area contributed by atoms with Crippen LogP contribution in [0.2, 0.25) is 10.2 Å². The van der Waals surface area contributed by atoms with Gasteiger partial charge in [0.2, 0.25) is 0 Å². The molecule has 0 atom stereocenters. The molecule has 2 aromatic carbocycles. The number of amides is 1. The van der Waals surface area contributed by atoms with Gasteiger partial charge < -0.3 is 4.74 Å². The number of hydrogen-bond donors (Lipinski definition) is 1. The van der Waals surface area contributed by atoms with Crippen molar-refractivity contribution in [2.75, 3.05) is 5.32 Å². The molecule has 0 aliphatic rings. The van der Waals surface area contributed by atoms with Crippen molar-refractivity contribution >= 4 is 46.7 Å². The standard InChI is InChI=1S/C19H17Cl2N3O2S/c1-24-18(21)16(17(23-24)12-27-15-5-3-2-4-6-15)11-26-19(25)22-14-9-7-13(20)8-10-14/h2-10H,11-12H2,1H3,(H,22,25). The Morgan fingerprint density at radius 1 is 1.15 bits per heavy atom. The summed E-state index contributed by atoms with van der Waals surface area (Å²) in [5, 5.41) is 8.13. The zero-order valence-electron chi connectivity index (χ0n) is 14.5. The average Bonchev–Trinajstić information content (AvgIpc) is 2.94. The van der Waals surface area contributed by atoms with E-state index in [9.17, 15) is 4.79 Å². The molecule has 8 heteroatoms. The Kier molecular flexibility index (Phi) is 6.66. The highest BCUT2D eigenvalue weighted by Gasteiger charge is 2.17. The molecule has 0 spiro atoms. The molecule has 0 radical (unpaired) electrons. The number of rotatable bonds is 6. The molecule has 0 fully saturated rings. The minimum absolute atomic E-state index is 0.0385. The number of carbonyl (C=O) groups is 1. The number of hydrogen-bond acceptors (Lipinski definition) is 4. The summed E-state index contributed by atoms with van der Waals surface area (Å²) in [5.74, 6) is 0.627. The van der Waals surface area contributed by atoms with Crippen molar-refractivity contribution in [1.29, 1.82) is 0 Å². The van der Waals surface area contributed by atoms with Crippen LogP contribution in [0.3, 0.4) is 0 Å². The van der Waals surface area contributed by atoms with E-state index in [1.807, 2.05) is 30.3 Å². The maximum Gasteiger partial charge on any atom is 0.411 e. The Hall–Kier alpha value is -2.15. The smallest absolute Gasteiger partial charge is 0.411 e. The molecular formula is C19H17Cl2N3O2S. The minimum Gasteiger partial charge on any atom is -0.444 e. The molecule has 1 amide bonds. The Morgan fingerprint density at radius 2 is 1.85 bits per heavy atom. The van der Waals surface area contributed by atoms with Crippen LogP contribution >= 0.6 is 35.0 Å². The molecule has 1 heterocycles. The number of aromatic nitrogens is 2. The number of nitrogens with one attached hydrogen (secondary N) is 1. The number of thioether (sulfide) groups is 1. The summed E-state index contributed by atoms with van der Waals surface area (Å²) in [6.07, 6.45) is -0.570. The summed E-state index contributed by atoms with van der Waals surface area (Å²) in [6.45, 7) is 0.0385. The van der Waals surface area contributed by atoms with Gasteiger partial charge in [0.1, 0.15) is 11.8 Å². The van der Waals surface area contributed by atoms with E-state index < -0.39 is 6.09 Å². The third kappa shape index (κ3) is 5.42. The monoisotopic (exact) mass is 421 g/mol. The van der Waals surface area contributed by atoms with Crippen LogP contribution in [0.1, 0.15) is 11.3 Å². The molecule has 0 aliphatic heterocycles. The van der Waals surface area contributed by atoms with Crippen molar-refractivity contribution in [2.24, 2.45) is 7.05 Å². The van der Waals surface area contributed by atoms with Crippen LogP contribution in [-0.2, 0) is 24.1 Å². The molecule has 27 heavy (non-hydrogen) atoms. The summed E-state index contributed by atoms with van der Waals surface area (Å²) < 4.78 is 6.90. The number of benzene rings is 2. The van der Waals surface area contributed by atoms with Gasteiger partial charge in [-0.25, -0.2) is 4.79 Å². The molecule has 3 rings (SSSR count). The van der Waals surface area contributed by atoms with E-state index in [1.54, 1.807) is 47.8 Å². The summed E-state index contributed by atoms with van der Waals surface area (Å²) in [5.41, 5.74) is 2.09. The summed E-state index contributed by atoms with van der Waals surface area (Å²) in [7, 11) is 1.76. The zero-order valence-corrected chi connectivity index (χ0v) is 16.8. The lowest BCUT2D eigenvalue weighted by atomic mass is 10.3. The van der Waals surface area contributed by atoms with Gasteiger partial charge in [-0.3, -0.25) is 10.00 Å². The van der Waals surface area contributed by atoms with Crippen LogP contribution < -0.4 is 5.32 Å². The van der Waals surface area contributed by atoms with Crippen molar-refractivity contribution < 1.29 is 9.53 Å². The van der Waals surface area contributed by atoms with Gasteiger partial charge in [0.15, 0.2) is 0 Å². The first-order valence-electron chi connectivity index (χ1n) is 8.10. The Morgan fingerprint density at radius 3 is 2.56 bits per heavy atom. The lowest BCUT2D eigenvalue weighted by molar-refractivity contribution is 0.155. The largest absolute Gasteiger partial charge is 0.444 e. The molecule has 0 bridgehead atoms. The van der Waals surface area contributed by atoms with Gasteiger partial charge in [0.25, 0.3) is 0 Å². The predicted octanol–water partition coefficient (Wildman–Crippen LogP) is 5.77. The normalized spacial score (nSPS) is 10.6. The highest BCUT2D eigenvalue weighted by atomic mass is 35.5. The summed E-state index contributed by atoms with van der Waals surface area (Å²) in [6, 6.07) is 16.8. The quantitative estimate of drug-likeness (QED) is 0.513. The van der Waals surface area contributed by atoms with Crippen LogP contribution in [0, 0.1) is 0 Å². The van der Waals surface area contributed by atoms with Crippen molar-refractivity contribution in [3.63, 3.8) is 0 Å². The highest BCUT2D eigenvalue weighted by Crippen LogP contribution is 2.27. The van der Waals surface area contributed by atoms with E-state index in [0.717, 1.165) is 10.6 Å². The Balaban J connectivity index is 1.61. The van der Waals surface area contributed by atoms with E-state index in [-0.39, 0.29) is 6.61 Å². The van der Waals surface area contributed by atoms with Crippen molar-refractivity contribution in [1.82, 2.24) is 9.78 Å². The number of aryl methyl sites for hydroxylation is 1. The molecule has 0 aliphatic carbocycles. The van der Waals surface area contributed by atoms with Crippen molar-refractivity contribution in [2.45, 2.75) is 17.3 Å². The van der Waals surface area contributed by atoms with Crippen LogP contribution in [0.15, 0.2) is 59.5 Å². The average molecular weight is 422 g/mol. The van der Waals surface area contributed by atoms with Crippen LogP contribution in [0.25, 0.3) is 0 Å². The van der Waals surface area contributed by atoms with Crippen LogP contribution in [0.4, 0.5) is 10.5 Å². The molecule has 3 aromatic rings. The molecule has 1 aromatic heterocycles. The molecular weight excluding hydrogens is 405 g/mol. The fourth-order valence-electron chi connectivity index (χ4n) is 2.35. The summed E-state index contributed by atoms with van der Waals surface area (Å²) >= 11 is 13.8. The van der Waals surface area contributed by atoms with Gasteiger partial charge >= 0.3 is 6.09 Å². The second-order valence-electron chi connectivity index (χ2n) is 5.65. The van der Waals surface area contributed by atoms with Gasteiger partial charge in [0, 0.05) is 28.4 Å². The first-order chi connectivity index (χ1) is 13.0. The third-order valence-electron chi connectivity index (χ3n) is 3.71. The molecule has 0 saturated heterocycles. The molecule has 5 nitrogen and oxygen atoms in total. The third-order valence-corrected chi connectivity index (χ3v) is 5.46. The van der Waals surface area contributed by atoms with E-state index >= 15 is 0 Å². The summed E-state index contributed by atoms with van der Waals surface area (Å²) in [4.78, 5) is 13.2. The molecule has 140 valence electrons. The minimum atomic E-state index is -0.570. The lowest BCUT2D eigenvalue weighted by Crippen LogP contribution is -2.13. The van der Waals surface area contributed by atoms with Crippen LogP contribution in [-0.4, -0.2) is 15.9 Å². The number of ether oxygens (including phenoxy) is 1. The van der Waals surface area contributed by atoms with Gasteiger partial charge in [-0.05, 0) is 36.4 Å². The number of anilines is 1. The van der Waals surface area contributed by atoms with E-state index in [1.165, 1.54) is 0 Å². The maximum absolute atomic E-state index is 12.0. The van der Waals surface area contributed by atoms with Crippen LogP contribution in [0.5, 0.6) is 0 Å². The van der Waals surface area contributed by atoms with Gasteiger partial charge in [-0.1, -0.05) is 41.4 Å². The molecule has 1 N–H and O–H groups in total. The number of halogens is 2. The van der Waals surface area contributed by atoms with Gasteiger partial charge in [-0.15, -0.1) is 11.8 Å². The van der Waals surface area contributed by atoms with E-state index in [4.69, 9.17) is 27.9 Å². The number of nitrogens with zero attached hydrogens (tertiary/aromatic N) is 2. The zero-order chi connectivity index (χ0) is 19.2. The van der Waals surface area contributed by atoms with Gasteiger partial charge in [-0.2, -0.15) is 5.10 Å². The van der Waals surface area contributed by atoms with Crippen molar-refractivity contribution in [3.8, 4) is 0 Å². The highest BCUT2D eigenvalue weighted by molar-refractivity contribution is 7.98. The maximum atomic E-state index is 12.0. The first-order valence-corrected chi connectivity index (χ1v) is 9.84.